The predicted molar refractivity (Wildman–Crippen MR) is 115 cm³/mol. The van der Waals surface area contributed by atoms with Gasteiger partial charge in [0.05, 0.1) is 16.6 Å². The molecule has 6 nitrogen and oxygen atoms in total. The SMILES string of the molecule is CN(C)CC1(O)CCC2(CCN(C(=O)CCc3nc4ccccc4[nH]3)CC2)CC1. The number of aromatic amines is 1. The maximum atomic E-state index is 12.7. The van der Waals surface area contributed by atoms with Gasteiger partial charge >= 0.3 is 0 Å². The van der Waals surface area contributed by atoms with Crippen molar-refractivity contribution in [3.63, 3.8) is 0 Å². The van der Waals surface area contributed by atoms with E-state index in [9.17, 15) is 9.90 Å². The predicted octanol–water partition coefficient (Wildman–Crippen LogP) is 2.97. The second kappa shape index (κ2) is 8.07. The first-order valence-corrected chi connectivity index (χ1v) is 11.0. The number of carbonyl (C=O) groups excluding carboxylic acids is 1. The molecule has 2 fully saturated rings. The number of likely N-dealkylation sites (N-methyl/N-ethyl adjacent to an activating group) is 1. The Kier molecular flexibility index (Phi) is 5.67. The standard InChI is InChI=1S/C23H34N4O2/c1-26(2)17-23(29)11-9-22(10-12-23)13-15-27(16-14-22)21(28)8-7-20-24-18-5-3-4-6-19(18)25-20/h3-6,29H,7-17H2,1-2H3,(H,24,25). The number of carbonyl (C=O) groups is 1. The molecule has 4 rings (SSSR count). The number of fused-ring (bicyclic) bond motifs is 1. The number of aromatic nitrogens is 2. The van der Waals surface area contributed by atoms with Crippen molar-refractivity contribution in [3.05, 3.63) is 30.1 Å². The Labute approximate surface area is 173 Å². The van der Waals surface area contributed by atoms with Crippen LogP contribution in [0.1, 0.15) is 50.8 Å². The van der Waals surface area contributed by atoms with Crippen molar-refractivity contribution in [3.8, 4) is 0 Å². The number of imidazole rings is 1. The molecular formula is C23H34N4O2. The number of benzene rings is 1. The number of likely N-dealkylation sites (tertiary alicyclic amines) is 1. The highest BCUT2D eigenvalue weighted by Crippen LogP contribution is 2.47. The zero-order chi connectivity index (χ0) is 20.5. The maximum absolute atomic E-state index is 12.7. The molecule has 1 aliphatic heterocycles. The first kappa shape index (κ1) is 20.4. The number of nitrogens with zero attached hydrogens (tertiary/aromatic N) is 3. The zero-order valence-electron chi connectivity index (χ0n) is 17.8. The second-order valence-corrected chi connectivity index (χ2v) is 9.54. The van der Waals surface area contributed by atoms with Crippen molar-refractivity contribution >= 4 is 16.9 Å². The summed E-state index contributed by atoms with van der Waals surface area (Å²) < 4.78 is 0. The number of aryl methyl sites for hydroxylation is 1. The minimum absolute atomic E-state index is 0.236. The Bertz CT molecular complexity index is 808. The molecule has 1 aromatic carbocycles. The van der Waals surface area contributed by atoms with Crippen molar-refractivity contribution < 1.29 is 9.90 Å². The normalized spacial score (nSPS) is 21.2. The van der Waals surface area contributed by atoms with Crippen LogP contribution < -0.4 is 0 Å². The zero-order valence-corrected chi connectivity index (χ0v) is 17.8. The Morgan fingerprint density at radius 1 is 1.14 bits per heavy atom. The molecule has 6 heteroatoms. The molecule has 0 bridgehead atoms. The van der Waals surface area contributed by atoms with Gasteiger partial charge in [0.15, 0.2) is 0 Å². The fourth-order valence-electron chi connectivity index (χ4n) is 5.23. The molecule has 2 aliphatic rings. The van der Waals surface area contributed by atoms with Crippen LogP contribution in [-0.4, -0.2) is 70.1 Å². The van der Waals surface area contributed by atoms with E-state index in [0.717, 1.165) is 75.0 Å². The van der Waals surface area contributed by atoms with E-state index in [0.29, 0.717) is 18.3 Å². The molecule has 0 atom stereocenters. The highest BCUT2D eigenvalue weighted by Gasteiger charge is 2.43. The molecule has 1 spiro atoms. The van der Waals surface area contributed by atoms with Gasteiger partial charge in [-0.25, -0.2) is 4.98 Å². The number of amides is 1. The second-order valence-electron chi connectivity index (χ2n) is 9.54. The lowest BCUT2D eigenvalue weighted by Crippen LogP contribution is -2.49. The van der Waals surface area contributed by atoms with Crippen LogP contribution in [0.15, 0.2) is 24.3 Å². The first-order chi connectivity index (χ1) is 13.9. The van der Waals surface area contributed by atoms with E-state index < -0.39 is 5.60 Å². The summed E-state index contributed by atoms with van der Waals surface area (Å²) in [4.78, 5) is 24.7. The van der Waals surface area contributed by atoms with E-state index in [1.807, 2.05) is 43.3 Å². The summed E-state index contributed by atoms with van der Waals surface area (Å²) in [6.07, 6.45) is 7.23. The summed E-state index contributed by atoms with van der Waals surface area (Å²) >= 11 is 0. The van der Waals surface area contributed by atoms with Gasteiger partial charge in [-0.1, -0.05) is 12.1 Å². The minimum atomic E-state index is -0.533. The molecule has 2 aromatic rings. The van der Waals surface area contributed by atoms with Gasteiger partial charge in [-0.15, -0.1) is 0 Å². The first-order valence-electron chi connectivity index (χ1n) is 11.0. The molecule has 158 valence electrons. The number of aliphatic hydroxyl groups is 1. The van der Waals surface area contributed by atoms with Gasteiger partial charge in [0.1, 0.15) is 5.82 Å². The van der Waals surface area contributed by atoms with Crippen LogP contribution in [0.25, 0.3) is 11.0 Å². The number of piperidine rings is 1. The largest absolute Gasteiger partial charge is 0.389 e. The van der Waals surface area contributed by atoms with Gasteiger partial charge < -0.3 is 19.9 Å². The van der Waals surface area contributed by atoms with Crippen LogP contribution in [0, 0.1) is 5.41 Å². The molecule has 0 unspecified atom stereocenters. The van der Waals surface area contributed by atoms with Crippen molar-refractivity contribution in [1.29, 1.82) is 0 Å². The summed E-state index contributed by atoms with van der Waals surface area (Å²) in [6, 6.07) is 7.98. The van der Waals surface area contributed by atoms with Gasteiger partial charge in [0, 0.05) is 32.5 Å². The van der Waals surface area contributed by atoms with Crippen LogP contribution >= 0.6 is 0 Å². The molecule has 1 saturated heterocycles. The van der Waals surface area contributed by atoms with Gasteiger partial charge in [0.2, 0.25) is 5.91 Å². The van der Waals surface area contributed by atoms with E-state index >= 15 is 0 Å². The number of nitrogens with one attached hydrogen (secondary N) is 1. The fourth-order valence-corrected chi connectivity index (χ4v) is 5.23. The lowest BCUT2D eigenvalue weighted by atomic mass is 9.64. The van der Waals surface area contributed by atoms with Crippen LogP contribution in [0.2, 0.25) is 0 Å². The van der Waals surface area contributed by atoms with Crippen LogP contribution in [-0.2, 0) is 11.2 Å². The third kappa shape index (κ3) is 4.64. The molecular weight excluding hydrogens is 364 g/mol. The number of rotatable bonds is 5. The van der Waals surface area contributed by atoms with E-state index in [2.05, 4.69) is 14.9 Å². The molecule has 0 radical (unpaired) electrons. The smallest absolute Gasteiger partial charge is 0.223 e. The lowest BCUT2D eigenvalue weighted by Gasteiger charge is -2.48. The topological polar surface area (TPSA) is 72.5 Å². The molecule has 2 heterocycles. The highest BCUT2D eigenvalue weighted by molar-refractivity contribution is 5.77. The Balaban J connectivity index is 1.25. The Morgan fingerprint density at radius 2 is 1.83 bits per heavy atom. The summed E-state index contributed by atoms with van der Waals surface area (Å²) in [5.74, 6) is 1.13. The summed E-state index contributed by atoms with van der Waals surface area (Å²) in [7, 11) is 4.05. The van der Waals surface area contributed by atoms with Crippen molar-refractivity contribution in [1.82, 2.24) is 19.8 Å². The average Bonchev–Trinajstić information content (AvgIpc) is 3.12. The maximum Gasteiger partial charge on any atom is 0.223 e. The van der Waals surface area contributed by atoms with Crippen LogP contribution in [0.4, 0.5) is 0 Å². The average molecular weight is 399 g/mol. The molecule has 1 aromatic heterocycles. The molecule has 2 N–H and O–H groups in total. The van der Waals surface area contributed by atoms with E-state index in [-0.39, 0.29) is 5.91 Å². The number of H-pyrrole nitrogens is 1. The number of para-hydroxylation sites is 2. The van der Waals surface area contributed by atoms with E-state index in [1.54, 1.807) is 0 Å². The number of hydrogen-bond donors (Lipinski definition) is 2. The third-order valence-corrected chi connectivity index (χ3v) is 7.04. The number of hydrogen-bond acceptors (Lipinski definition) is 4. The molecule has 1 aliphatic carbocycles. The van der Waals surface area contributed by atoms with E-state index in [1.165, 1.54) is 0 Å². The lowest BCUT2D eigenvalue weighted by molar-refractivity contribution is -0.135. The monoisotopic (exact) mass is 398 g/mol. The Morgan fingerprint density at radius 3 is 2.48 bits per heavy atom. The summed E-state index contributed by atoms with van der Waals surface area (Å²) in [5.41, 5.74) is 1.78. The fraction of sp³-hybridized carbons (Fsp3) is 0.652. The summed E-state index contributed by atoms with van der Waals surface area (Å²) in [6.45, 7) is 2.45. The van der Waals surface area contributed by atoms with Crippen molar-refractivity contribution in [2.45, 2.75) is 57.0 Å². The van der Waals surface area contributed by atoms with E-state index in [4.69, 9.17) is 0 Å². The highest BCUT2D eigenvalue weighted by atomic mass is 16.3. The molecule has 1 amide bonds. The molecule has 29 heavy (non-hydrogen) atoms. The minimum Gasteiger partial charge on any atom is -0.389 e. The van der Waals surface area contributed by atoms with Gasteiger partial charge in [-0.3, -0.25) is 4.79 Å². The van der Waals surface area contributed by atoms with Gasteiger partial charge in [-0.05, 0) is 70.2 Å². The Hall–Kier alpha value is -1.92. The van der Waals surface area contributed by atoms with Gasteiger partial charge in [-0.2, -0.15) is 0 Å². The van der Waals surface area contributed by atoms with Crippen LogP contribution in [0.5, 0.6) is 0 Å². The quantitative estimate of drug-likeness (QED) is 0.812. The van der Waals surface area contributed by atoms with Crippen molar-refractivity contribution in [2.24, 2.45) is 5.41 Å². The molecule has 1 saturated carbocycles. The van der Waals surface area contributed by atoms with Gasteiger partial charge in [0.25, 0.3) is 0 Å². The van der Waals surface area contributed by atoms with Crippen molar-refractivity contribution in [2.75, 3.05) is 33.7 Å². The third-order valence-electron chi connectivity index (χ3n) is 7.04. The van der Waals surface area contributed by atoms with Crippen LogP contribution in [0.3, 0.4) is 0 Å². The summed E-state index contributed by atoms with van der Waals surface area (Å²) in [5, 5.41) is 10.8.